The Morgan fingerprint density at radius 3 is 2.55 bits per heavy atom. The van der Waals surface area contributed by atoms with E-state index in [2.05, 4.69) is 29.0 Å². The van der Waals surface area contributed by atoms with Crippen molar-refractivity contribution in [3.63, 3.8) is 0 Å². The molecule has 0 aliphatic carbocycles. The number of benzene rings is 1. The predicted octanol–water partition coefficient (Wildman–Crippen LogP) is 2.25. The maximum atomic E-state index is 13.1. The Balaban J connectivity index is 1.59. The van der Waals surface area contributed by atoms with Gasteiger partial charge in [-0.05, 0) is 36.0 Å². The average Bonchev–Trinajstić information content (AvgIpc) is 2.77. The molecule has 0 spiro atoms. The molecule has 1 aromatic carbocycles. The highest BCUT2D eigenvalue weighted by molar-refractivity contribution is 5.79. The third kappa shape index (κ3) is 7.09. The van der Waals surface area contributed by atoms with Crippen molar-refractivity contribution in [2.45, 2.75) is 26.8 Å². The first-order chi connectivity index (χ1) is 15.0. The minimum Gasteiger partial charge on any atom is -0.493 e. The molecule has 0 bridgehead atoms. The molecule has 2 atom stereocenters. The summed E-state index contributed by atoms with van der Waals surface area (Å²) in [5.74, 6) is 2.66. The van der Waals surface area contributed by atoms with E-state index in [1.807, 2.05) is 18.2 Å². The molecule has 0 saturated carbocycles. The molecule has 0 unspecified atom stereocenters. The molecule has 7 nitrogen and oxygen atoms in total. The van der Waals surface area contributed by atoms with Gasteiger partial charge >= 0.3 is 0 Å². The number of morpholine rings is 1. The van der Waals surface area contributed by atoms with Gasteiger partial charge in [-0.1, -0.05) is 19.9 Å². The summed E-state index contributed by atoms with van der Waals surface area (Å²) >= 11 is 0. The van der Waals surface area contributed by atoms with Gasteiger partial charge in [-0.25, -0.2) is 0 Å². The second kappa shape index (κ2) is 11.7. The van der Waals surface area contributed by atoms with Gasteiger partial charge in [0.15, 0.2) is 11.5 Å². The van der Waals surface area contributed by atoms with Crippen LogP contribution in [-0.2, 0) is 16.1 Å². The first-order valence-corrected chi connectivity index (χ1v) is 11.5. The average molecular weight is 434 g/mol. The van der Waals surface area contributed by atoms with E-state index in [-0.39, 0.29) is 11.8 Å². The van der Waals surface area contributed by atoms with E-state index in [1.54, 1.807) is 14.2 Å². The predicted molar refractivity (Wildman–Crippen MR) is 122 cm³/mol. The van der Waals surface area contributed by atoms with Crippen molar-refractivity contribution in [2.24, 2.45) is 17.8 Å². The molecule has 3 rings (SSSR count). The molecule has 2 saturated heterocycles. The maximum Gasteiger partial charge on any atom is 0.224 e. The Labute approximate surface area is 187 Å². The van der Waals surface area contributed by atoms with Crippen LogP contribution in [0.1, 0.15) is 25.8 Å². The number of nitrogens with zero attached hydrogens (tertiary/aromatic N) is 2. The summed E-state index contributed by atoms with van der Waals surface area (Å²) in [6.45, 7) is 12.6. The van der Waals surface area contributed by atoms with Gasteiger partial charge in [0.25, 0.3) is 0 Å². The zero-order valence-electron chi connectivity index (χ0n) is 19.6. The summed E-state index contributed by atoms with van der Waals surface area (Å²) in [5.41, 5.74) is 1.01. The van der Waals surface area contributed by atoms with Gasteiger partial charge in [-0.2, -0.15) is 0 Å². The van der Waals surface area contributed by atoms with Crippen molar-refractivity contribution in [1.29, 1.82) is 0 Å². The van der Waals surface area contributed by atoms with Crippen LogP contribution in [0, 0.1) is 17.8 Å². The first-order valence-electron chi connectivity index (χ1n) is 11.5. The van der Waals surface area contributed by atoms with Gasteiger partial charge < -0.3 is 24.4 Å². The molecule has 7 heteroatoms. The molecular weight excluding hydrogens is 394 g/mol. The molecular formula is C24H39N3O4. The number of hydrogen-bond donors (Lipinski definition) is 1. The van der Waals surface area contributed by atoms with Crippen LogP contribution in [0.4, 0.5) is 0 Å². The molecule has 1 amide bonds. The normalized spacial score (nSPS) is 23.0. The third-order valence-electron chi connectivity index (χ3n) is 6.14. The van der Waals surface area contributed by atoms with Gasteiger partial charge in [0, 0.05) is 45.8 Å². The number of rotatable bonds is 9. The van der Waals surface area contributed by atoms with Crippen molar-refractivity contribution in [3.05, 3.63) is 23.8 Å². The van der Waals surface area contributed by atoms with Crippen LogP contribution >= 0.6 is 0 Å². The molecule has 2 heterocycles. The van der Waals surface area contributed by atoms with Crippen LogP contribution in [0.2, 0.25) is 0 Å². The van der Waals surface area contributed by atoms with Gasteiger partial charge in [0.1, 0.15) is 0 Å². The smallest absolute Gasteiger partial charge is 0.224 e. The Bertz CT molecular complexity index is 706. The zero-order chi connectivity index (χ0) is 22.2. The van der Waals surface area contributed by atoms with E-state index < -0.39 is 0 Å². The van der Waals surface area contributed by atoms with Crippen LogP contribution in [-0.4, -0.2) is 82.4 Å². The molecule has 1 aromatic rings. The van der Waals surface area contributed by atoms with Gasteiger partial charge in [0.2, 0.25) is 5.91 Å². The summed E-state index contributed by atoms with van der Waals surface area (Å²) in [4.78, 5) is 18.1. The quantitative estimate of drug-likeness (QED) is 0.645. The topological polar surface area (TPSA) is 63.3 Å². The molecule has 2 aliphatic rings. The van der Waals surface area contributed by atoms with E-state index >= 15 is 0 Å². The second-order valence-electron chi connectivity index (χ2n) is 9.23. The Kier molecular flexibility index (Phi) is 8.99. The summed E-state index contributed by atoms with van der Waals surface area (Å²) in [6.07, 6.45) is 0.948. The summed E-state index contributed by atoms with van der Waals surface area (Å²) in [7, 11) is 3.25. The fourth-order valence-corrected chi connectivity index (χ4v) is 4.76. The number of likely N-dealkylation sites (tertiary alicyclic amines) is 1. The fraction of sp³-hybridized carbons (Fsp3) is 0.708. The molecule has 0 radical (unpaired) electrons. The van der Waals surface area contributed by atoms with Gasteiger partial charge in [-0.15, -0.1) is 0 Å². The van der Waals surface area contributed by atoms with Crippen LogP contribution in [0.15, 0.2) is 18.2 Å². The first kappa shape index (κ1) is 23.8. The van der Waals surface area contributed by atoms with E-state index in [9.17, 15) is 4.79 Å². The van der Waals surface area contributed by atoms with Crippen molar-refractivity contribution in [2.75, 3.05) is 66.7 Å². The number of nitrogens with one attached hydrogen (secondary N) is 1. The molecule has 2 aliphatic heterocycles. The lowest BCUT2D eigenvalue weighted by molar-refractivity contribution is -0.128. The van der Waals surface area contributed by atoms with E-state index in [0.717, 1.165) is 64.5 Å². The minimum atomic E-state index is 0.0266. The minimum absolute atomic E-state index is 0.0266. The lowest BCUT2D eigenvalue weighted by Gasteiger charge is -2.40. The summed E-state index contributed by atoms with van der Waals surface area (Å²) in [6, 6.07) is 5.77. The number of amides is 1. The monoisotopic (exact) mass is 433 g/mol. The molecule has 2 fully saturated rings. The van der Waals surface area contributed by atoms with Crippen LogP contribution in [0.25, 0.3) is 0 Å². The SMILES string of the molecule is COc1ccc(CNC(=O)[C@@H]2C[C@H](CN3CCOCC3)CN(CC(C)C)C2)cc1OC. The number of carbonyl (C=O) groups is 1. The van der Waals surface area contributed by atoms with E-state index in [4.69, 9.17) is 14.2 Å². The van der Waals surface area contributed by atoms with Crippen LogP contribution < -0.4 is 14.8 Å². The van der Waals surface area contributed by atoms with Crippen molar-refractivity contribution < 1.29 is 19.0 Å². The summed E-state index contributed by atoms with van der Waals surface area (Å²) in [5, 5.41) is 3.16. The number of hydrogen-bond acceptors (Lipinski definition) is 6. The lowest BCUT2D eigenvalue weighted by Crippen LogP contribution is -2.50. The Hall–Kier alpha value is -1.83. The molecule has 1 N–H and O–H groups in total. The summed E-state index contributed by atoms with van der Waals surface area (Å²) < 4.78 is 16.2. The number of piperidine rings is 1. The highest BCUT2D eigenvalue weighted by Crippen LogP contribution is 2.28. The second-order valence-corrected chi connectivity index (χ2v) is 9.23. The Morgan fingerprint density at radius 2 is 1.87 bits per heavy atom. The van der Waals surface area contributed by atoms with Crippen molar-refractivity contribution in [1.82, 2.24) is 15.1 Å². The standard InChI is InChI=1S/C24H39N3O4/c1-18(2)14-27-16-20(15-26-7-9-31-10-8-26)11-21(17-27)24(28)25-13-19-5-6-22(29-3)23(12-19)30-4/h5-6,12,18,20-21H,7-11,13-17H2,1-4H3,(H,25,28)/t20-,21-/m1/s1. The fourth-order valence-electron chi connectivity index (χ4n) is 4.76. The van der Waals surface area contributed by atoms with Gasteiger partial charge in [0.05, 0.1) is 33.4 Å². The van der Waals surface area contributed by atoms with E-state index in [1.165, 1.54) is 0 Å². The number of carbonyl (C=O) groups excluding carboxylic acids is 1. The molecule has 31 heavy (non-hydrogen) atoms. The maximum absolute atomic E-state index is 13.1. The van der Waals surface area contributed by atoms with Crippen LogP contribution in [0.5, 0.6) is 11.5 Å². The third-order valence-corrected chi connectivity index (χ3v) is 6.14. The zero-order valence-corrected chi connectivity index (χ0v) is 19.6. The number of methoxy groups -OCH3 is 2. The van der Waals surface area contributed by atoms with Crippen molar-refractivity contribution in [3.8, 4) is 11.5 Å². The highest BCUT2D eigenvalue weighted by Gasteiger charge is 2.32. The molecule has 174 valence electrons. The van der Waals surface area contributed by atoms with Gasteiger partial charge in [-0.3, -0.25) is 9.69 Å². The Morgan fingerprint density at radius 1 is 1.13 bits per heavy atom. The highest BCUT2D eigenvalue weighted by atomic mass is 16.5. The van der Waals surface area contributed by atoms with Crippen molar-refractivity contribution >= 4 is 5.91 Å². The molecule has 0 aromatic heterocycles. The lowest BCUT2D eigenvalue weighted by atomic mass is 9.87. The van der Waals surface area contributed by atoms with Crippen LogP contribution in [0.3, 0.4) is 0 Å². The largest absolute Gasteiger partial charge is 0.493 e. The van der Waals surface area contributed by atoms with E-state index in [0.29, 0.717) is 29.9 Å². The number of ether oxygens (including phenoxy) is 3.